The van der Waals surface area contributed by atoms with Crippen LogP contribution in [0.3, 0.4) is 0 Å². The molecule has 0 amide bonds. The van der Waals surface area contributed by atoms with Gasteiger partial charge in [-0.3, -0.25) is 0 Å². The maximum atomic E-state index is 10.2. The Kier molecular flexibility index (Phi) is 5.38. The van der Waals surface area contributed by atoms with Crippen molar-refractivity contribution in [2.75, 3.05) is 6.61 Å². The van der Waals surface area contributed by atoms with Crippen LogP contribution in [0.2, 0.25) is 0 Å². The highest BCUT2D eigenvalue weighted by Crippen LogP contribution is 2.34. The second-order valence-electron chi connectivity index (χ2n) is 6.78. The molecule has 1 aliphatic rings. The van der Waals surface area contributed by atoms with E-state index in [0.717, 1.165) is 16.7 Å². The molecule has 0 unspecified atom stereocenters. The third kappa shape index (κ3) is 3.52. The summed E-state index contributed by atoms with van der Waals surface area (Å²) >= 11 is 0. The summed E-state index contributed by atoms with van der Waals surface area (Å²) in [4.78, 5) is 0. The van der Waals surface area contributed by atoms with Crippen LogP contribution in [-0.2, 0) is 17.6 Å². The van der Waals surface area contributed by atoms with Gasteiger partial charge in [0.25, 0.3) is 0 Å². The molecule has 4 N–H and O–H groups in total. The summed E-state index contributed by atoms with van der Waals surface area (Å²) in [5.74, 6) is 1.26. The van der Waals surface area contributed by atoms with Gasteiger partial charge in [-0.2, -0.15) is 0 Å². The van der Waals surface area contributed by atoms with Gasteiger partial charge in [-0.05, 0) is 30.7 Å². The quantitative estimate of drug-likeness (QED) is 0.491. The molecule has 0 saturated carbocycles. The van der Waals surface area contributed by atoms with Crippen molar-refractivity contribution in [1.29, 1.82) is 0 Å². The lowest BCUT2D eigenvalue weighted by Crippen LogP contribution is -2.60. The first kappa shape index (κ1) is 19.0. The molecule has 0 spiro atoms. The second-order valence-corrected chi connectivity index (χ2v) is 6.78. The molecule has 4 rings (SSSR count). The predicted octanol–water partition coefficient (Wildman–Crippen LogP) is 0.990. The topological polar surface area (TPSA) is 126 Å². The molecule has 150 valence electrons. The van der Waals surface area contributed by atoms with E-state index in [-0.39, 0.29) is 0 Å². The van der Waals surface area contributed by atoms with E-state index in [2.05, 4.69) is 0 Å². The Labute approximate surface area is 160 Å². The fourth-order valence-electron chi connectivity index (χ4n) is 3.40. The minimum absolute atomic E-state index is 0.407. The summed E-state index contributed by atoms with van der Waals surface area (Å²) in [5, 5.41) is 40.2. The van der Waals surface area contributed by atoms with Crippen molar-refractivity contribution in [3.05, 3.63) is 54.2 Å². The van der Waals surface area contributed by atoms with E-state index in [0.29, 0.717) is 24.2 Å². The van der Waals surface area contributed by atoms with Crippen molar-refractivity contribution in [2.24, 2.45) is 0 Å². The lowest BCUT2D eigenvalue weighted by molar-refractivity contribution is -0.277. The summed E-state index contributed by atoms with van der Waals surface area (Å²) in [6, 6.07) is 8.97. The molecule has 1 aromatic carbocycles. The molecule has 0 radical (unpaired) electrons. The zero-order chi connectivity index (χ0) is 19.7. The zero-order valence-corrected chi connectivity index (χ0v) is 15.0. The fraction of sp³-hybridized carbons (Fsp3) is 0.400. The minimum Gasteiger partial charge on any atom is -0.469 e. The first-order chi connectivity index (χ1) is 13.6. The van der Waals surface area contributed by atoms with Crippen molar-refractivity contribution in [1.82, 2.24) is 0 Å². The van der Waals surface area contributed by atoms with Gasteiger partial charge in [-0.25, -0.2) is 0 Å². The Hall–Kier alpha value is -2.36. The van der Waals surface area contributed by atoms with Crippen LogP contribution in [-0.4, -0.2) is 57.7 Å². The first-order valence-corrected chi connectivity index (χ1v) is 9.07. The molecule has 0 bridgehead atoms. The molecule has 8 nitrogen and oxygen atoms in total. The number of aliphatic hydroxyl groups is 4. The average molecular weight is 390 g/mol. The number of benzene rings is 1. The molecular weight excluding hydrogens is 368 g/mol. The number of ether oxygens (including phenoxy) is 2. The van der Waals surface area contributed by atoms with E-state index in [1.807, 2.05) is 12.1 Å². The molecule has 3 aromatic rings. The zero-order valence-electron chi connectivity index (χ0n) is 15.0. The third-order valence-corrected chi connectivity index (χ3v) is 4.95. The van der Waals surface area contributed by atoms with Crippen LogP contribution in [0.4, 0.5) is 0 Å². The third-order valence-electron chi connectivity index (χ3n) is 4.95. The summed E-state index contributed by atoms with van der Waals surface area (Å²) in [6.45, 7) is -0.519. The van der Waals surface area contributed by atoms with Crippen molar-refractivity contribution < 1.29 is 38.7 Å². The normalized spacial score (nSPS) is 27.9. The molecule has 1 saturated heterocycles. The van der Waals surface area contributed by atoms with Crippen LogP contribution in [0.5, 0.6) is 5.75 Å². The highest BCUT2D eigenvalue weighted by Gasteiger charge is 2.44. The monoisotopic (exact) mass is 390 g/mol. The van der Waals surface area contributed by atoms with Gasteiger partial charge >= 0.3 is 0 Å². The number of furan rings is 2. The van der Waals surface area contributed by atoms with E-state index in [9.17, 15) is 20.4 Å². The number of hydrogen-bond donors (Lipinski definition) is 4. The largest absolute Gasteiger partial charge is 0.469 e. The van der Waals surface area contributed by atoms with Gasteiger partial charge in [0.2, 0.25) is 6.29 Å². The van der Waals surface area contributed by atoms with Gasteiger partial charge < -0.3 is 38.7 Å². The van der Waals surface area contributed by atoms with E-state index < -0.39 is 37.3 Å². The van der Waals surface area contributed by atoms with Gasteiger partial charge in [-0.1, -0.05) is 6.07 Å². The number of hydrogen-bond acceptors (Lipinski definition) is 8. The summed E-state index contributed by atoms with van der Waals surface area (Å²) in [7, 11) is 0. The van der Waals surface area contributed by atoms with Crippen molar-refractivity contribution in [2.45, 2.75) is 43.5 Å². The minimum atomic E-state index is -1.50. The molecule has 1 fully saturated rings. The SMILES string of the molecule is OC[C@H]1O[C@@H](Oc2cccc3occ(CCc4ccco4)c23)[C@H](O)[C@@H](O)[C@@H]1O. The first-order valence-electron chi connectivity index (χ1n) is 9.07. The highest BCUT2D eigenvalue weighted by molar-refractivity contribution is 5.87. The average Bonchev–Trinajstić information content (AvgIpc) is 3.37. The molecular formula is C20H22O8. The van der Waals surface area contributed by atoms with E-state index >= 15 is 0 Å². The van der Waals surface area contributed by atoms with Gasteiger partial charge in [0, 0.05) is 12.0 Å². The van der Waals surface area contributed by atoms with Crippen molar-refractivity contribution in [3.8, 4) is 5.75 Å². The molecule has 8 heteroatoms. The predicted molar refractivity (Wildman–Crippen MR) is 96.7 cm³/mol. The maximum Gasteiger partial charge on any atom is 0.229 e. The van der Waals surface area contributed by atoms with E-state index in [1.165, 1.54) is 0 Å². The summed E-state index contributed by atoms with van der Waals surface area (Å²) in [6.07, 6.45) is -2.12. The molecule has 5 atom stereocenters. The van der Waals surface area contributed by atoms with Crippen molar-refractivity contribution >= 4 is 11.0 Å². The van der Waals surface area contributed by atoms with E-state index in [4.69, 9.17) is 18.3 Å². The standard InChI is InChI=1S/C20H22O8/c21-9-15-17(22)18(23)19(24)20(28-15)27-14-5-1-4-13-16(14)11(10-26-13)6-7-12-3-2-8-25-12/h1-5,8,10,15,17-24H,6-7,9H2/t15-,17-,18+,19-,20-/m1/s1. The Morgan fingerprint density at radius 3 is 2.54 bits per heavy atom. The lowest BCUT2D eigenvalue weighted by Gasteiger charge is -2.39. The Balaban J connectivity index is 1.58. The number of rotatable bonds is 6. The van der Waals surface area contributed by atoms with E-state index in [1.54, 1.807) is 30.7 Å². The van der Waals surface area contributed by atoms with Gasteiger partial charge in [0.15, 0.2) is 0 Å². The lowest BCUT2D eigenvalue weighted by atomic mass is 9.99. The Bertz CT molecular complexity index is 900. The number of fused-ring (bicyclic) bond motifs is 1. The van der Waals surface area contributed by atoms with Crippen LogP contribution in [0, 0.1) is 0 Å². The van der Waals surface area contributed by atoms with Crippen LogP contribution in [0.25, 0.3) is 11.0 Å². The molecule has 0 aliphatic carbocycles. The molecule has 3 heterocycles. The Morgan fingerprint density at radius 1 is 0.929 bits per heavy atom. The van der Waals surface area contributed by atoms with Crippen molar-refractivity contribution in [3.63, 3.8) is 0 Å². The van der Waals surface area contributed by atoms with Crippen LogP contribution < -0.4 is 4.74 Å². The van der Waals surface area contributed by atoms with Gasteiger partial charge in [0.05, 0.1) is 24.5 Å². The summed E-state index contributed by atoms with van der Waals surface area (Å²) < 4.78 is 22.2. The molecule has 2 aromatic heterocycles. The smallest absolute Gasteiger partial charge is 0.229 e. The maximum absolute atomic E-state index is 10.2. The number of aliphatic hydroxyl groups excluding tert-OH is 4. The van der Waals surface area contributed by atoms with Gasteiger partial charge in [-0.15, -0.1) is 0 Å². The van der Waals surface area contributed by atoms with Crippen LogP contribution in [0.1, 0.15) is 11.3 Å². The molecule has 28 heavy (non-hydrogen) atoms. The summed E-state index contributed by atoms with van der Waals surface area (Å²) in [5.41, 5.74) is 1.50. The van der Waals surface area contributed by atoms with Crippen LogP contribution in [0.15, 0.2) is 51.7 Å². The Morgan fingerprint density at radius 2 is 1.79 bits per heavy atom. The van der Waals surface area contributed by atoms with Crippen LogP contribution >= 0.6 is 0 Å². The molecule has 1 aliphatic heterocycles. The highest BCUT2D eigenvalue weighted by atomic mass is 16.7. The van der Waals surface area contributed by atoms with Gasteiger partial charge in [0.1, 0.15) is 41.5 Å². The fourth-order valence-corrected chi connectivity index (χ4v) is 3.40. The number of aryl methyl sites for hydroxylation is 2. The second kappa shape index (κ2) is 7.94.